The number of fused-ring (bicyclic) bond motifs is 2. The minimum absolute atomic E-state index is 0. The fraction of sp³-hybridized carbons (Fsp3) is 0.632. The molecule has 4 nitrogen and oxygen atoms in total. The zero-order chi connectivity index (χ0) is 15.9. The Morgan fingerprint density at radius 1 is 1.22 bits per heavy atom. The predicted molar refractivity (Wildman–Crippen MR) is 93.2 cm³/mol. The standard InChI is InChI=1S/C19H26N2O2.H2/c22-18(23)21-14-19(16-7-3-4-8-17(16)21)9-11-20(12-10-19)13-15-5-1-2-6-15;/h3-4,7-8,15H,1-2,5-6,9-14H2,(H,22,23);1H. The number of hydrogen-bond donors (Lipinski definition) is 1. The van der Waals surface area contributed by atoms with Gasteiger partial charge in [-0.3, -0.25) is 4.90 Å². The molecule has 0 unspecified atom stereocenters. The zero-order valence-corrected chi connectivity index (χ0v) is 13.7. The Balaban J connectivity index is 0.00000169. The van der Waals surface area contributed by atoms with Gasteiger partial charge in [-0.2, -0.15) is 0 Å². The predicted octanol–water partition coefficient (Wildman–Crippen LogP) is 3.95. The van der Waals surface area contributed by atoms with Gasteiger partial charge in [0.2, 0.25) is 0 Å². The number of anilines is 1. The van der Waals surface area contributed by atoms with Crippen LogP contribution in [0.5, 0.6) is 0 Å². The second-order valence-corrected chi connectivity index (χ2v) is 7.62. The lowest BCUT2D eigenvalue weighted by molar-refractivity contribution is 0.145. The van der Waals surface area contributed by atoms with Crippen molar-refractivity contribution in [2.24, 2.45) is 5.92 Å². The van der Waals surface area contributed by atoms with Crippen molar-refractivity contribution in [3.8, 4) is 0 Å². The summed E-state index contributed by atoms with van der Waals surface area (Å²) in [7, 11) is 0. The fourth-order valence-corrected chi connectivity index (χ4v) is 4.95. The summed E-state index contributed by atoms with van der Waals surface area (Å²) in [5, 5.41) is 9.53. The molecular formula is C19H28N2O2. The summed E-state index contributed by atoms with van der Waals surface area (Å²) in [4.78, 5) is 15.8. The van der Waals surface area contributed by atoms with E-state index in [1.54, 1.807) is 4.90 Å². The minimum Gasteiger partial charge on any atom is -0.465 e. The molecule has 1 spiro atoms. The van der Waals surface area contributed by atoms with Gasteiger partial charge in [0.05, 0.1) is 5.69 Å². The van der Waals surface area contributed by atoms with E-state index in [9.17, 15) is 9.90 Å². The monoisotopic (exact) mass is 316 g/mol. The molecule has 0 radical (unpaired) electrons. The highest BCUT2D eigenvalue weighted by molar-refractivity contribution is 5.90. The van der Waals surface area contributed by atoms with Gasteiger partial charge in [0.25, 0.3) is 0 Å². The highest BCUT2D eigenvalue weighted by atomic mass is 16.4. The Hall–Kier alpha value is -1.55. The van der Waals surface area contributed by atoms with E-state index < -0.39 is 6.09 Å². The van der Waals surface area contributed by atoms with E-state index >= 15 is 0 Å². The van der Waals surface area contributed by atoms with Crippen LogP contribution in [0.15, 0.2) is 24.3 Å². The third-order valence-electron chi connectivity index (χ3n) is 6.26. The van der Waals surface area contributed by atoms with Gasteiger partial charge in [-0.15, -0.1) is 0 Å². The van der Waals surface area contributed by atoms with Gasteiger partial charge >= 0.3 is 6.09 Å². The first kappa shape index (κ1) is 15.0. The summed E-state index contributed by atoms with van der Waals surface area (Å²) in [6, 6.07) is 8.11. The molecule has 4 rings (SSSR count). The molecule has 0 atom stereocenters. The maximum absolute atomic E-state index is 11.6. The van der Waals surface area contributed by atoms with Crippen molar-refractivity contribution in [2.75, 3.05) is 31.1 Å². The van der Waals surface area contributed by atoms with E-state index in [4.69, 9.17) is 0 Å². The zero-order valence-electron chi connectivity index (χ0n) is 13.7. The maximum atomic E-state index is 11.6. The number of para-hydroxylation sites is 1. The molecule has 1 aromatic rings. The molecule has 2 heterocycles. The van der Waals surface area contributed by atoms with E-state index in [1.807, 2.05) is 12.1 Å². The van der Waals surface area contributed by atoms with Crippen LogP contribution >= 0.6 is 0 Å². The van der Waals surface area contributed by atoms with Crippen molar-refractivity contribution in [1.29, 1.82) is 0 Å². The molecule has 1 saturated heterocycles. The number of likely N-dealkylation sites (tertiary alicyclic amines) is 1. The number of nitrogens with zero attached hydrogens (tertiary/aromatic N) is 2. The van der Waals surface area contributed by atoms with E-state index in [2.05, 4.69) is 17.0 Å². The van der Waals surface area contributed by atoms with Crippen molar-refractivity contribution in [3.63, 3.8) is 0 Å². The van der Waals surface area contributed by atoms with Crippen LogP contribution in [0.2, 0.25) is 0 Å². The Morgan fingerprint density at radius 2 is 1.91 bits per heavy atom. The number of benzene rings is 1. The van der Waals surface area contributed by atoms with Crippen LogP contribution in [-0.2, 0) is 5.41 Å². The Bertz CT molecular complexity index is 593. The van der Waals surface area contributed by atoms with Crippen LogP contribution in [0.25, 0.3) is 0 Å². The summed E-state index contributed by atoms with van der Waals surface area (Å²) < 4.78 is 0. The molecule has 0 aromatic heterocycles. The molecule has 2 fully saturated rings. The first-order chi connectivity index (χ1) is 11.2. The number of hydrogen-bond acceptors (Lipinski definition) is 2. The number of amides is 1. The van der Waals surface area contributed by atoms with E-state index in [1.165, 1.54) is 37.8 Å². The summed E-state index contributed by atoms with van der Waals surface area (Å²) in [5.41, 5.74) is 2.20. The highest BCUT2D eigenvalue weighted by Crippen LogP contribution is 2.47. The van der Waals surface area contributed by atoms with Crippen LogP contribution in [0.3, 0.4) is 0 Å². The summed E-state index contributed by atoms with van der Waals surface area (Å²) >= 11 is 0. The molecule has 1 aliphatic carbocycles. The molecule has 126 valence electrons. The van der Waals surface area contributed by atoms with Gasteiger partial charge in [0.15, 0.2) is 0 Å². The lowest BCUT2D eigenvalue weighted by Crippen LogP contribution is -2.46. The van der Waals surface area contributed by atoms with E-state index in [0.29, 0.717) is 6.54 Å². The molecule has 2 aliphatic heterocycles. The second-order valence-electron chi connectivity index (χ2n) is 7.62. The van der Waals surface area contributed by atoms with Gasteiger partial charge in [-0.25, -0.2) is 4.79 Å². The van der Waals surface area contributed by atoms with Crippen molar-refractivity contribution in [1.82, 2.24) is 4.90 Å². The highest BCUT2D eigenvalue weighted by Gasteiger charge is 2.46. The lowest BCUT2D eigenvalue weighted by Gasteiger charge is -2.40. The normalized spacial score (nSPS) is 24.3. The average Bonchev–Trinajstić information content (AvgIpc) is 3.17. The van der Waals surface area contributed by atoms with Crippen LogP contribution in [0, 0.1) is 5.92 Å². The molecule has 0 bridgehead atoms. The summed E-state index contributed by atoms with van der Waals surface area (Å²) in [6.45, 7) is 4.11. The first-order valence-electron chi connectivity index (χ1n) is 9.00. The molecule has 23 heavy (non-hydrogen) atoms. The van der Waals surface area contributed by atoms with Gasteiger partial charge in [0, 0.05) is 19.9 Å². The quantitative estimate of drug-likeness (QED) is 0.898. The summed E-state index contributed by atoms with van der Waals surface area (Å²) in [6.07, 6.45) is 6.96. The van der Waals surface area contributed by atoms with Crippen molar-refractivity contribution >= 4 is 11.8 Å². The number of piperidine rings is 1. The molecule has 1 saturated carbocycles. The Morgan fingerprint density at radius 3 is 2.61 bits per heavy atom. The largest absolute Gasteiger partial charge is 0.465 e. The Labute approximate surface area is 139 Å². The average molecular weight is 316 g/mol. The SMILES string of the molecule is O=C(O)N1CC2(CCN(CC3CCCC3)CC2)c2ccccc21.[HH]. The Kier molecular flexibility index (Phi) is 3.80. The molecule has 3 aliphatic rings. The van der Waals surface area contributed by atoms with Gasteiger partial charge in [-0.1, -0.05) is 31.0 Å². The third-order valence-corrected chi connectivity index (χ3v) is 6.26. The van der Waals surface area contributed by atoms with Crippen LogP contribution in [0.1, 0.15) is 45.5 Å². The fourth-order valence-electron chi connectivity index (χ4n) is 4.95. The van der Waals surface area contributed by atoms with Gasteiger partial charge in [0.1, 0.15) is 0 Å². The second kappa shape index (κ2) is 5.82. The van der Waals surface area contributed by atoms with Crippen molar-refractivity contribution in [2.45, 2.75) is 43.9 Å². The number of rotatable bonds is 2. The molecule has 1 N–H and O–H groups in total. The van der Waals surface area contributed by atoms with Crippen LogP contribution < -0.4 is 4.90 Å². The van der Waals surface area contributed by atoms with E-state index in [0.717, 1.165) is 37.5 Å². The van der Waals surface area contributed by atoms with Crippen molar-refractivity contribution in [3.05, 3.63) is 29.8 Å². The number of carbonyl (C=O) groups is 1. The van der Waals surface area contributed by atoms with Gasteiger partial charge in [-0.05, 0) is 56.3 Å². The van der Waals surface area contributed by atoms with Crippen LogP contribution in [0.4, 0.5) is 10.5 Å². The molecule has 1 amide bonds. The molecule has 4 heteroatoms. The third kappa shape index (κ3) is 2.63. The number of carboxylic acid groups (broad SMARTS) is 1. The lowest BCUT2D eigenvalue weighted by atomic mass is 9.74. The minimum atomic E-state index is -0.817. The van der Waals surface area contributed by atoms with Crippen molar-refractivity contribution < 1.29 is 11.3 Å². The molecule has 1 aromatic carbocycles. The topological polar surface area (TPSA) is 43.8 Å². The summed E-state index contributed by atoms with van der Waals surface area (Å²) in [5.74, 6) is 0.899. The first-order valence-corrected chi connectivity index (χ1v) is 9.00. The maximum Gasteiger partial charge on any atom is 0.411 e. The van der Waals surface area contributed by atoms with Crippen LogP contribution in [-0.4, -0.2) is 42.3 Å². The van der Waals surface area contributed by atoms with E-state index in [-0.39, 0.29) is 6.84 Å². The molecular weight excluding hydrogens is 288 g/mol. The van der Waals surface area contributed by atoms with Gasteiger partial charge < -0.3 is 10.0 Å². The smallest absolute Gasteiger partial charge is 0.411 e.